The van der Waals surface area contributed by atoms with Gasteiger partial charge in [0.15, 0.2) is 0 Å². The SMILES string of the molecule is O=C(CNC(=O)c1ccc(Oc2ccccc2)cc1)OCc1ccccn1. The number of benzene rings is 2. The summed E-state index contributed by atoms with van der Waals surface area (Å²) in [4.78, 5) is 27.9. The fourth-order valence-corrected chi connectivity index (χ4v) is 2.24. The second kappa shape index (κ2) is 9.15. The van der Waals surface area contributed by atoms with E-state index in [1.165, 1.54) is 0 Å². The summed E-state index contributed by atoms with van der Waals surface area (Å²) >= 11 is 0. The number of esters is 1. The molecule has 0 aliphatic rings. The third-order valence-corrected chi connectivity index (χ3v) is 3.60. The molecule has 0 bridgehead atoms. The Morgan fingerprint density at radius 2 is 1.56 bits per heavy atom. The smallest absolute Gasteiger partial charge is 0.325 e. The molecule has 3 rings (SSSR count). The van der Waals surface area contributed by atoms with E-state index in [0.717, 1.165) is 0 Å². The van der Waals surface area contributed by atoms with Crippen molar-refractivity contribution in [1.82, 2.24) is 10.3 Å². The molecule has 0 aliphatic carbocycles. The molecule has 0 atom stereocenters. The van der Waals surface area contributed by atoms with Crippen molar-refractivity contribution in [1.29, 1.82) is 0 Å². The van der Waals surface area contributed by atoms with Crippen LogP contribution in [0.4, 0.5) is 0 Å². The highest BCUT2D eigenvalue weighted by Gasteiger charge is 2.09. The van der Waals surface area contributed by atoms with Gasteiger partial charge in [0.2, 0.25) is 0 Å². The number of amides is 1. The minimum Gasteiger partial charge on any atom is -0.458 e. The van der Waals surface area contributed by atoms with Gasteiger partial charge in [0.1, 0.15) is 24.7 Å². The van der Waals surface area contributed by atoms with Crippen LogP contribution >= 0.6 is 0 Å². The lowest BCUT2D eigenvalue weighted by molar-refractivity contribution is -0.143. The van der Waals surface area contributed by atoms with Gasteiger partial charge in [-0.05, 0) is 48.5 Å². The molecule has 2 aromatic carbocycles. The molecule has 6 heteroatoms. The van der Waals surface area contributed by atoms with Gasteiger partial charge in [0.25, 0.3) is 5.91 Å². The molecule has 0 saturated carbocycles. The maximum atomic E-state index is 12.1. The van der Waals surface area contributed by atoms with E-state index in [4.69, 9.17) is 9.47 Å². The number of para-hydroxylation sites is 1. The van der Waals surface area contributed by atoms with E-state index in [9.17, 15) is 9.59 Å². The zero-order valence-electron chi connectivity index (χ0n) is 14.5. The lowest BCUT2D eigenvalue weighted by Gasteiger charge is -2.08. The van der Waals surface area contributed by atoms with Crippen LogP contribution in [0.5, 0.6) is 11.5 Å². The largest absolute Gasteiger partial charge is 0.458 e. The van der Waals surface area contributed by atoms with Gasteiger partial charge in [-0.25, -0.2) is 0 Å². The van der Waals surface area contributed by atoms with Gasteiger partial charge in [-0.2, -0.15) is 0 Å². The highest BCUT2D eigenvalue weighted by Crippen LogP contribution is 2.21. The van der Waals surface area contributed by atoms with Crippen LogP contribution in [-0.4, -0.2) is 23.4 Å². The predicted molar refractivity (Wildman–Crippen MR) is 99.3 cm³/mol. The number of pyridine rings is 1. The first kappa shape index (κ1) is 18.1. The number of nitrogens with one attached hydrogen (secondary N) is 1. The number of hydrogen-bond donors (Lipinski definition) is 1. The Kier molecular flexibility index (Phi) is 6.14. The van der Waals surface area contributed by atoms with Crippen LogP contribution in [0.15, 0.2) is 79.0 Å². The first-order valence-electron chi connectivity index (χ1n) is 8.37. The summed E-state index contributed by atoms with van der Waals surface area (Å²) in [6, 6.07) is 21.3. The summed E-state index contributed by atoms with van der Waals surface area (Å²) in [5, 5.41) is 2.53. The molecule has 1 aromatic heterocycles. The summed E-state index contributed by atoms with van der Waals surface area (Å²) < 4.78 is 10.7. The van der Waals surface area contributed by atoms with Gasteiger partial charge < -0.3 is 14.8 Å². The van der Waals surface area contributed by atoms with E-state index in [1.54, 1.807) is 42.6 Å². The van der Waals surface area contributed by atoms with Crippen LogP contribution in [-0.2, 0) is 16.1 Å². The third-order valence-electron chi connectivity index (χ3n) is 3.60. The van der Waals surface area contributed by atoms with Gasteiger partial charge in [0, 0.05) is 11.8 Å². The minimum absolute atomic E-state index is 0.0705. The summed E-state index contributed by atoms with van der Waals surface area (Å²) in [5.41, 5.74) is 1.07. The molecule has 0 unspecified atom stereocenters. The van der Waals surface area contributed by atoms with Gasteiger partial charge in [-0.3, -0.25) is 14.6 Å². The lowest BCUT2D eigenvalue weighted by atomic mass is 10.2. The van der Waals surface area contributed by atoms with Crippen molar-refractivity contribution in [3.05, 3.63) is 90.3 Å². The number of nitrogens with zero attached hydrogens (tertiary/aromatic N) is 1. The zero-order chi connectivity index (χ0) is 18.9. The zero-order valence-corrected chi connectivity index (χ0v) is 14.5. The topological polar surface area (TPSA) is 77.5 Å². The highest BCUT2D eigenvalue weighted by atomic mass is 16.5. The number of rotatable bonds is 7. The van der Waals surface area contributed by atoms with E-state index in [2.05, 4.69) is 10.3 Å². The van der Waals surface area contributed by atoms with Gasteiger partial charge >= 0.3 is 5.97 Å². The van der Waals surface area contributed by atoms with E-state index in [-0.39, 0.29) is 19.1 Å². The van der Waals surface area contributed by atoms with E-state index in [1.807, 2.05) is 36.4 Å². The lowest BCUT2D eigenvalue weighted by Crippen LogP contribution is -2.30. The van der Waals surface area contributed by atoms with Gasteiger partial charge in [0.05, 0.1) is 5.69 Å². The quantitative estimate of drug-likeness (QED) is 0.652. The molecule has 3 aromatic rings. The molecule has 0 spiro atoms. The van der Waals surface area contributed by atoms with Gasteiger partial charge in [-0.15, -0.1) is 0 Å². The van der Waals surface area contributed by atoms with Crippen molar-refractivity contribution in [3.63, 3.8) is 0 Å². The van der Waals surface area contributed by atoms with Crippen molar-refractivity contribution >= 4 is 11.9 Å². The highest BCUT2D eigenvalue weighted by molar-refractivity contribution is 5.96. The number of hydrogen-bond acceptors (Lipinski definition) is 5. The number of aromatic nitrogens is 1. The molecule has 0 fully saturated rings. The molecular formula is C21H18N2O4. The Bertz CT molecular complexity index is 881. The molecule has 6 nitrogen and oxygen atoms in total. The molecule has 0 saturated heterocycles. The normalized spacial score (nSPS) is 10.1. The predicted octanol–water partition coefficient (Wildman–Crippen LogP) is 3.35. The van der Waals surface area contributed by atoms with Crippen molar-refractivity contribution in [3.8, 4) is 11.5 Å². The van der Waals surface area contributed by atoms with E-state index >= 15 is 0 Å². The van der Waals surface area contributed by atoms with Crippen LogP contribution in [0.3, 0.4) is 0 Å². The Morgan fingerprint density at radius 1 is 0.852 bits per heavy atom. The maximum absolute atomic E-state index is 12.1. The maximum Gasteiger partial charge on any atom is 0.325 e. The first-order valence-corrected chi connectivity index (χ1v) is 8.37. The fourth-order valence-electron chi connectivity index (χ4n) is 2.24. The Balaban J connectivity index is 1.45. The Labute approximate surface area is 156 Å². The number of ether oxygens (including phenoxy) is 2. The van der Waals surface area contributed by atoms with Crippen molar-refractivity contribution in [2.45, 2.75) is 6.61 Å². The molecule has 27 heavy (non-hydrogen) atoms. The average molecular weight is 362 g/mol. The standard InChI is InChI=1S/C21H18N2O4/c24-20(26-15-17-6-4-5-13-22-17)14-23-21(25)16-9-11-19(12-10-16)27-18-7-2-1-3-8-18/h1-13H,14-15H2,(H,23,25). The number of carbonyl (C=O) groups excluding carboxylic acids is 2. The third kappa shape index (κ3) is 5.67. The molecule has 0 radical (unpaired) electrons. The van der Waals surface area contributed by atoms with Crippen LogP contribution in [0.1, 0.15) is 16.1 Å². The summed E-state index contributed by atoms with van der Waals surface area (Å²) in [6.07, 6.45) is 1.62. The number of carbonyl (C=O) groups is 2. The minimum atomic E-state index is -0.530. The van der Waals surface area contributed by atoms with Crippen molar-refractivity contribution in [2.75, 3.05) is 6.54 Å². The summed E-state index contributed by atoms with van der Waals surface area (Å²) in [6.45, 7) is -0.144. The van der Waals surface area contributed by atoms with E-state index < -0.39 is 5.97 Å². The van der Waals surface area contributed by atoms with Crippen LogP contribution in [0, 0.1) is 0 Å². The van der Waals surface area contributed by atoms with Gasteiger partial charge in [-0.1, -0.05) is 24.3 Å². The second-order valence-electron chi connectivity index (χ2n) is 5.60. The second-order valence-corrected chi connectivity index (χ2v) is 5.60. The molecule has 1 heterocycles. The van der Waals surface area contributed by atoms with Crippen LogP contribution in [0.2, 0.25) is 0 Å². The van der Waals surface area contributed by atoms with Crippen LogP contribution < -0.4 is 10.1 Å². The Hall–Kier alpha value is -3.67. The molecule has 1 N–H and O–H groups in total. The average Bonchev–Trinajstić information content (AvgIpc) is 2.72. The first-order chi connectivity index (χ1) is 13.2. The fraction of sp³-hybridized carbons (Fsp3) is 0.0952. The summed E-state index contributed by atoms with van der Waals surface area (Å²) in [7, 11) is 0. The Morgan fingerprint density at radius 3 is 2.26 bits per heavy atom. The molecular weight excluding hydrogens is 344 g/mol. The monoisotopic (exact) mass is 362 g/mol. The van der Waals surface area contributed by atoms with Crippen molar-refractivity contribution < 1.29 is 19.1 Å². The molecule has 0 aliphatic heterocycles. The van der Waals surface area contributed by atoms with Crippen molar-refractivity contribution in [2.24, 2.45) is 0 Å². The molecule has 136 valence electrons. The molecule has 1 amide bonds. The van der Waals surface area contributed by atoms with Crippen LogP contribution in [0.25, 0.3) is 0 Å². The summed E-state index contributed by atoms with van der Waals surface area (Å²) in [5.74, 6) is 0.437. The van der Waals surface area contributed by atoms with E-state index in [0.29, 0.717) is 22.8 Å².